The zero-order valence-corrected chi connectivity index (χ0v) is 21.1. The molecule has 5 heterocycles. The van der Waals surface area contributed by atoms with Crippen molar-refractivity contribution in [3.63, 3.8) is 0 Å². The lowest BCUT2D eigenvalue weighted by atomic mass is 9.92. The lowest BCUT2D eigenvalue weighted by Gasteiger charge is -2.33. The molecule has 1 saturated heterocycles. The highest BCUT2D eigenvalue weighted by Gasteiger charge is 2.31. The van der Waals surface area contributed by atoms with Crippen LogP contribution in [0.4, 0.5) is 20.5 Å². The van der Waals surface area contributed by atoms with Crippen LogP contribution < -0.4 is 10.6 Å². The van der Waals surface area contributed by atoms with Crippen LogP contribution in [0.2, 0.25) is 0 Å². The molecule has 0 amide bonds. The average Bonchev–Trinajstić information content (AvgIpc) is 3.28. The van der Waals surface area contributed by atoms with Crippen LogP contribution in [-0.2, 0) is 18.5 Å². The number of hydrogen-bond donors (Lipinski definition) is 2. The molecule has 3 aromatic heterocycles. The van der Waals surface area contributed by atoms with Crippen LogP contribution in [0.15, 0.2) is 36.7 Å². The molecule has 0 atom stereocenters. The van der Waals surface area contributed by atoms with Crippen molar-refractivity contribution in [2.75, 3.05) is 31.5 Å². The zero-order chi connectivity index (χ0) is 25.6. The van der Waals surface area contributed by atoms with E-state index in [9.17, 15) is 4.39 Å². The van der Waals surface area contributed by atoms with E-state index in [1.807, 2.05) is 18.3 Å². The number of piperazine rings is 1. The van der Waals surface area contributed by atoms with E-state index in [0.29, 0.717) is 22.4 Å². The highest BCUT2D eigenvalue weighted by Crippen LogP contribution is 2.37. The van der Waals surface area contributed by atoms with Crippen molar-refractivity contribution in [3.05, 3.63) is 59.7 Å². The summed E-state index contributed by atoms with van der Waals surface area (Å²) in [6, 6.07) is 6.94. The third-order valence-electron chi connectivity index (χ3n) is 7.28. The van der Waals surface area contributed by atoms with Gasteiger partial charge in [0.2, 0.25) is 5.95 Å². The standard InChI is InChI=1S/C27H30F2N8/c1-27(2)7-3-4-23-34-25-19(28)12-18(13-21(25)37(23)27)24-20(29)15-32-26(35-24)33-22-6-5-17(14-31-22)16-36-10-8-30-9-11-36/h5-6,12-15,30H,3-4,7-11,16H2,1-2H3,(H,31,32,33,35). The smallest absolute Gasteiger partial charge is 0.229 e. The molecule has 4 aromatic rings. The second kappa shape index (κ2) is 9.42. The Hall–Kier alpha value is -3.50. The molecule has 8 nitrogen and oxygen atoms in total. The zero-order valence-electron chi connectivity index (χ0n) is 21.1. The minimum Gasteiger partial charge on any atom is -0.322 e. The minimum atomic E-state index is -0.624. The average molecular weight is 505 g/mol. The van der Waals surface area contributed by atoms with E-state index < -0.39 is 11.6 Å². The second-order valence-electron chi connectivity index (χ2n) is 10.4. The van der Waals surface area contributed by atoms with Gasteiger partial charge in [0.25, 0.3) is 0 Å². The SMILES string of the molecule is CC1(C)CCCc2nc3c(F)cc(-c4nc(Nc5ccc(CN6CCNCC6)cn5)ncc4F)cc3n21. The third kappa shape index (κ3) is 4.67. The summed E-state index contributed by atoms with van der Waals surface area (Å²) in [5, 5.41) is 6.40. The van der Waals surface area contributed by atoms with Crippen molar-refractivity contribution >= 4 is 22.8 Å². The van der Waals surface area contributed by atoms with Gasteiger partial charge in [0, 0.05) is 56.4 Å². The molecule has 2 N–H and O–H groups in total. The summed E-state index contributed by atoms with van der Waals surface area (Å²) in [5.41, 5.74) is 2.25. The van der Waals surface area contributed by atoms with Gasteiger partial charge in [-0.1, -0.05) is 6.07 Å². The van der Waals surface area contributed by atoms with Crippen molar-refractivity contribution in [2.24, 2.45) is 0 Å². The van der Waals surface area contributed by atoms with Gasteiger partial charge in [-0.05, 0) is 50.5 Å². The molecule has 2 aliphatic heterocycles. The fourth-order valence-electron chi connectivity index (χ4n) is 5.42. The number of pyridine rings is 1. The Morgan fingerprint density at radius 2 is 1.86 bits per heavy atom. The van der Waals surface area contributed by atoms with Crippen LogP contribution in [0.25, 0.3) is 22.3 Å². The molecular weight excluding hydrogens is 474 g/mol. The summed E-state index contributed by atoms with van der Waals surface area (Å²) in [6.45, 7) is 9.10. The van der Waals surface area contributed by atoms with E-state index in [4.69, 9.17) is 0 Å². The summed E-state index contributed by atoms with van der Waals surface area (Å²) in [6.07, 6.45) is 5.69. The van der Waals surface area contributed by atoms with Gasteiger partial charge in [0.1, 0.15) is 22.9 Å². The highest BCUT2D eigenvalue weighted by molar-refractivity contribution is 5.83. The Balaban J connectivity index is 1.28. The summed E-state index contributed by atoms with van der Waals surface area (Å²) in [5.74, 6) is 0.491. The van der Waals surface area contributed by atoms with Gasteiger partial charge in [0.05, 0.1) is 11.7 Å². The molecule has 10 heteroatoms. The Kier molecular flexibility index (Phi) is 6.08. The summed E-state index contributed by atoms with van der Waals surface area (Å²) in [4.78, 5) is 19.9. The number of anilines is 2. The fraction of sp³-hybridized carbons (Fsp3) is 0.407. The Morgan fingerprint density at radius 1 is 1.03 bits per heavy atom. The minimum absolute atomic E-state index is 0.0257. The largest absolute Gasteiger partial charge is 0.322 e. The molecule has 37 heavy (non-hydrogen) atoms. The van der Waals surface area contributed by atoms with Gasteiger partial charge in [-0.15, -0.1) is 0 Å². The van der Waals surface area contributed by atoms with Crippen molar-refractivity contribution in [3.8, 4) is 11.3 Å². The van der Waals surface area contributed by atoms with Crippen molar-refractivity contribution in [1.29, 1.82) is 0 Å². The van der Waals surface area contributed by atoms with E-state index in [1.165, 1.54) is 6.07 Å². The molecule has 0 aliphatic carbocycles. The van der Waals surface area contributed by atoms with Crippen LogP contribution in [0, 0.1) is 11.6 Å². The lowest BCUT2D eigenvalue weighted by molar-refractivity contribution is 0.233. The van der Waals surface area contributed by atoms with Gasteiger partial charge in [-0.3, -0.25) is 4.90 Å². The van der Waals surface area contributed by atoms with Gasteiger partial charge in [0.15, 0.2) is 11.6 Å². The number of fused-ring (bicyclic) bond motifs is 3. The number of imidazole rings is 1. The van der Waals surface area contributed by atoms with E-state index in [2.05, 4.69) is 53.9 Å². The summed E-state index contributed by atoms with van der Waals surface area (Å²) >= 11 is 0. The molecule has 192 valence electrons. The maximum atomic E-state index is 15.2. The molecule has 1 aromatic carbocycles. The third-order valence-corrected chi connectivity index (χ3v) is 7.28. The van der Waals surface area contributed by atoms with Gasteiger partial charge in [-0.2, -0.15) is 0 Å². The first-order valence-electron chi connectivity index (χ1n) is 12.8. The van der Waals surface area contributed by atoms with E-state index in [-0.39, 0.29) is 17.2 Å². The molecule has 0 unspecified atom stereocenters. The Morgan fingerprint density at radius 3 is 2.65 bits per heavy atom. The predicted octanol–water partition coefficient (Wildman–Crippen LogP) is 4.39. The monoisotopic (exact) mass is 504 g/mol. The number of rotatable bonds is 5. The van der Waals surface area contributed by atoms with Gasteiger partial charge < -0.3 is 15.2 Å². The number of aromatic nitrogens is 5. The number of nitrogens with one attached hydrogen (secondary N) is 2. The van der Waals surface area contributed by atoms with Gasteiger partial charge >= 0.3 is 0 Å². The fourth-order valence-corrected chi connectivity index (χ4v) is 5.42. The maximum Gasteiger partial charge on any atom is 0.229 e. The molecule has 2 aliphatic rings. The molecule has 1 fully saturated rings. The summed E-state index contributed by atoms with van der Waals surface area (Å²) < 4.78 is 32.2. The molecule has 0 bridgehead atoms. The van der Waals surface area contributed by atoms with Crippen LogP contribution in [0.1, 0.15) is 38.1 Å². The number of aryl methyl sites for hydroxylation is 1. The van der Waals surface area contributed by atoms with Crippen LogP contribution in [0.5, 0.6) is 0 Å². The first-order valence-corrected chi connectivity index (χ1v) is 12.8. The number of halogens is 2. The number of benzene rings is 1. The Labute approximate surface area is 214 Å². The van der Waals surface area contributed by atoms with Crippen LogP contribution in [0.3, 0.4) is 0 Å². The van der Waals surface area contributed by atoms with E-state index in [0.717, 1.165) is 69.6 Å². The molecule has 0 radical (unpaired) electrons. The second-order valence-corrected chi connectivity index (χ2v) is 10.4. The van der Waals surface area contributed by atoms with E-state index >= 15 is 4.39 Å². The van der Waals surface area contributed by atoms with Crippen molar-refractivity contribution in [2.45, 2.75) is 45.2 Å². The first kappa shape index (κ1) is 23.9. The summed E-state index contributed by atoms with van der Waals surface area (Å²) in [7, 11) is 0. The van der Waals surface area contributed by atoms with Gasteiger partial charge in [-0.25, -0.2) is 28.7 Å². The van der Waals surface area contributed by atoms with Crippen molar-refractivity contribution < 1.29 is 8.78 Å². The van der Waals surface area contributed by atoms with Crippen molar-refractivity contribution in [1.82, 2.24) is 34.7 Å². The molecule has 0 saturated carbocycles. The topological polar surface area (TPSA) is 83.8 Å². The number of nitrogens with zero attached hydrogens (tertiary/aromatic N) is 6. The van der Waals surface area contributed by atoms with Crippen LogP contribution in [-0.4, -0.2) is 55.6 Å². The quantitative estimate of drug-likeness (QED) is 0.417. The highest BCUT2D eigenvalue weighted by atomic mass is 19.1. The molecule has 6 rings (SSSR count). The number of hydrogen-bond acceptors (Lipinski definition) is 7. The maximum absolute atomic E-state index is 15.2. The molecule has 0 spiro atoms. The lowest BCUT2D eigenvalue weighted by Crippen LogP contribution is -2.42. The predicted molar refractivity (Wildman–Crippen MR) is 139 cm³/mol. The normalized spacial score (nSPS) is 17.6. The Bertz CT molecular complexity index is 1440. The first-order chi connectivity index (χ1) is 17.9. The van der Waals surface area contributed by atoms with Crippen LogP contribution >= 0.6 is 0 Å². The van der Waals surface area contributed by atoms with E-state index in [1.54, 1.807) is 6.07 Å². The molecular formula is C27H30F2N8.